The number of furan rings is 1. The summed E-state index contributed by atoms with van der Waals surface area (Å²) in [5, 5.41) is 0.949. The molecule has 0 N–H and O–H groups in total. The number of aryl methyl sites for hydroxylation is 2. The number of rotatable bonds is 11. The van der Waals surface area contributed by atoms with Gasteiger partial charge in [0.05, 0.1) is 6.42 Å². The molecule has 1 atom stereocenters. The number of ether oxygens (including phenoxy) is 2. The quantitative estimate of drug-likeness (QED) is 0.137. The van der Waals surface area contributed by atoms with Gasteiger partial charge in [0.1, 0.15) is 24.1 Å². The second-order valence-corrected chi connectivity index (χ2v) is 12.1. The maximum Gasteiger partial charge on any atom is 0.334 e. The predicted octanol–water partition coefficient (Wildman–Crippen LogP) is 7.96. The monoisotopic (exact) mass is 554 g/mol. The molecule has 0 amide bonds. The molecule has 0 saturated carbocycles. The van der Waals surface area contributed by atoms with Crippen LogP contribution in [0.1, 0.15) is 82.2 Å². The number of benzene rings is 2. The van der Waals surface area contributed by atoms with Gasteiger partial charge in [0.25, 0.3) is 0 Å². The molecule has 2 heterocycles. The zero-order valence-corrected chi connectivity index (χ0v) is 25.0. The molecule has 216 valence electrons. The van der Waals surface area contributed by atoms with Crippen molar-refractivity contribution in [3.63, 3.8) is 0 Å². The Morgan fingerprint density at radius 1 is 1.00 bits per heavy atom. The molecule has 0 radical (unpaired) electrons. The third-order valence-corrected chi connectivity index (χ3v) is 7.27. The van der Waals surface area contributed by atoms with E-state index in [9.17, 15) is 9.59 Å². The molecule has 1 aliphatic heterocycles. The van der Waals surface area contributed by atoms with E-state index < -0.39 is 6.10 Å². The molecule has 0 aliphatic carbocycles. The Labute approximate surface area is 244 Å². The average Bonchev–Trinajstić information content (AvgIpc) is 3.50. The topological polar surface area (TPSA) is 65.7 Å². The summed E-state index contributed by atoms with van der Waals surface area (Å²) in [4.78, 5) is 24.8. The van der Waals surface area contributed by atoms with E-state index in [2.05, 4.69) is 46.5 Å². The molecule has 0 spiro atoms. The molecular formula is C36H42O5. The highest BCUT2D eigenvalue weighted by molar-refractivity contribution is 5.90. The largest absolute Gasteiger partial charge is 0.462 e. The zero-order chi connectivity index (χ0) is 29.4. The summed E-state index contributed by atoms with van der Waals surface area (Å²) in [5.41, 5.74) is 4.54. The molecule has 5 nitrogen and oxygen atoms in total. The number of esters is 2. The molecule has 0 bridgehead atoms. The van der Waals surface area contributed by atoms with Crippen LogP contribution in [0.15, 0.2) is 64.6 Å². The Morgan fingerprint density at radius 3 is 2.39 bits per heavy atom. The number of hydrogen-bond acceptors (Lipinski definition) is 5. The number of fused-ring (bicyclic) bond motifs is 1. The lowest BCUT2D eigenvalue weighted by molar-refractivity contribution is -0.152. The minimum atomic E-state index is -0.419. The average molecular weight is 555 g/mol. The van der Waals surface area contributed by atoms with E-state index in [1.165, 1.54) is 5.56 Å². The van der Waals surface area contributed by atoms with Crippen LogP contribution in [0.3, 0.4) is 0 Å². The summed E-state index contributed by atoms with van der Waals surface area (Å²) in [6, 6.07) is 15.9. The Kier molecular flexibility index (Phi) is 10.5. The highest BCUT2D eigenvalue weighted by Crippen LogP contribution is 2.28. The maximum atomic E-state index is 12.4. The van der Waals surface area contributed by atoms with Crippen LogP contribution in [0.5, 0.6) is 0 Å². The molecule has 41 heavy (non-hydrogen) atoms. The zero-order valence-electron chi connectivity index (χ0n) is 25.0. The lowest BCUT2D eigenvalue weighted by atomic mass is 9.86. The van der Waals surface area contributed by atoms with Crippen molar-refractivity contribution in [2.75, 3.05) is 6.61 Å². The number of hydrogen-bond donors (Lipinski definition) is 0. The van der Waals surface area contributed by atoms with Gasteiger partial charge in [-0.3, -0.25) is 4.79 Å². The lowest BCUT2D eigenvalue weighted by Gasteiger charge is -2.19. The highest BCUT2D eigenvalue weighted by atomic mass is 16.6. The fourth-order valence-corrected chi connectivity index (χ4v) is 5.35. The van der Waals surface area contributed by atoms with Crippen LogP contribution in [-0.2, 0) is 25.5 Å². The van der Waals surface area contributed by atoms with E-state index in [4.69, 9.17) is 13.9 Å². The highest BCUT2D eigenvalue weighted by Gasteiger charge is 2.30. The molecule has 1 saturated heterocycles. The van der Waals surface area contributed by atoms with Crippen molar-refractivity contribution >= 4 is 22.9 Å². The summed E-state index contributed by atoms with van der Waals surface area (Å²) < 4.78 is 16.8. The molecule has 1 unspecified atom stereocenters. The molecule has 5 heteroatoms. The molecule has 3 aromatic rings. The van der Waals surface area contributed by atoms with Crippen LogP contribution in [0.2, 0.25) is 0 Å². The minimum absolute atomic E-state index is 0.0759. The first kappa shape index (κ1) is 30.2. The van der Waals surface area contributed by atoms with Gasteiger partial charge >= 0.3 is 11.9 Å². The normalized spacial score (nSPS) is 16.0. The smallest absolute Gasteiger partial charge is 0.334 e. The third kappa shape index (κ3) is 9.39. The molecule has 1 fully saturated rings. The van der Waals surface area contributed by atoms with Crippen molar-refractivity contribution in [2.24, 2.45) is 17.8 Å². The summed E-state index contributed by atoms with van der Waals surface area (Å²) in [6.07, 6.45) is 5.90. The van der Waals surface area contributed by atoms with Gasteiger partial charge in [0.15, 0.2) is 0 Å². The Balaban J connectivity index is 1.24. The fraction of sp³-hybridized carbons (Fsp3) is 0.444. The minimum Gasteiger partial charge on any atom is -0.462 e. The van der Waals surface area contributed by atoms with Crippen molar-refractivity contribution in [3.05, 3.63) is 82.6 Å². The first-order valence-corrected chi connectivity index (χ1v) is 14.8. The number of carbonyl (C=O) groups is 2. The summed E-state index contributed by atoms with van der Waals surface area (Å²) in [7, 11) is 0. The van der Waals surface area contributed by atoms with E-state index in [0.717, 1.165) is 47.1 Å². The summed E-state index contributed by atoms with van der Waals surface area (Å²) in [6.45, 7) is 11.1. The summed E-state index contributed by atoms with van der Waals surface area (Å²) in [5.74, 6) is 8.30. The maximum absolute atomic E-state index is 12.4. The first-order valence-electron chi connectivity index (χ1n) is 14.8. The second-order valence-electron chi connectivity index (χ2n) is 12.1. The predicted molar refractivity (Wildman–Crippen MR) is 162 cm³/mol. The Hall–Kier alpha value is -3.78. The van der Waals surface area contributed by atoms with Crippen molar-refractivity contribution in [2.45, 2.75) is 79.2 Å². The van der Waals surface area contributed by atoms with Gasteiger partial charge in [0.2, 0.25) is 0 Å². The van der Waals surface area contributed by atoms with Crippen LogP contribution in [0.4, 0.5) is 0 Å². The summed E-state index contributed by atoms with van der Waals surface area (Å²) >= 11 is 0. The lowest BCUT2D eigenvalue weighted by Crippen LogP contribution is -2.18. The fourth-order valence-electron chi connectivity index (χ4n) is 5.35. The van der Waals surface area contributed by atoms with Crippen molar-refractivity contribution in [1.82, 2.24) is 0 Å². The standard InChI is InChI=1S/C36H42O5/c1-24(2)18-29(19-25(3)4)12-14-30-21-33(41-36(30)38)23-39-35(37)17-15-32-22-31-20-28(13-16-34(31)40-32)11-10-27-8-6-26(5)7-9-27/h6-9,13-14,16,20,22,24-25,29,33H,12,15,17-19,21,23H2,1-5H3/b30-14+. The van der Waals surface area contributed by atoms with Crippen molar-refractivity contribution in [3.8, 4) is 11.8 Å². The van der Waals surface area contributed by atoms with Crippen molar-refractivity contribution in [1.29, 1.82) is 0 Å². The van der Waals surface area contributed by atoms with Gasteiger partial charge in [0, 0.05) is 34.9 Å². The van der Waals surface area contributed by atoms with Gasteiger partial charge in [-0.1, -0.05) is 63.3 Å². The molecule has 1 aliphatic rings. The van der Waals surface area contributed by atoms with Crippen LogP contribution in [0, 0.1) is 36.5 Å². The van der Waals surface area contributed by atoms with Crippen LogP contribution < -0.4 is 0 Å². The molecule has 1 aromatic heterocycles. The van der Waals surface area contributed by atoms with E-state index in [1.807, 2.05) is 54.6 Å². The third-order valence-electron chi connectivity index (χ3n) is 7.27. The first-order chi connectivity index (χ1) is 19.6. The van der Waals surface area contributed by atoms with Crippen LogP contribution in [0.25, 0.3) is 11.0 Å². The van der Waals surface area contributed by atoms with Crippen LogP contribution >= 0.6 is 0 Å². The van der Waals surface area contributed by atoms with E-state index in [-0.39, 0.29) is 25.0 Å². The number of carbonyl (C=O) groups excluding carboxylic acids is 2. The Bertz CT molecular complexity index is 1420. The molecule has 4 rings (SSSR count). The van der Waals surface area contributed by atoms with Gasteiger partial charge in [-0.05, 0) is 80.3 Å². The Morgan fingerprint density at radius 2 is 1.68 bits per heavy atom. The number of allylic oxidation sites excluding steroid dienone is 1. The van der Waals surface area contributed by atoms with Gasteiger partial charge in [-0.2, -0.15) is 0 Å². The van der Waals surface area contributed by atoms with Gasteiger partial charge < -0.3 is 13.9 Å². The van der Waals surface area contributed by atoms with Gasteiger partial charge in [-0.15, -0.1) is 0 Å². The number of cyclic esters (lactones) is 1. The van der Waals surface area contributed by atoms with E-state index in [1.54, 1.807) is 0 Å². The second kappa shape index (κ2) is 14.2. The van der Waals surface area contributed by atoms with Crippen LogP contribution in [-0.4, -0.2) is 24.6 Å². The van der Waals surface area contributed by atoms with Gasteiger partial charge in [-0.25, -0.2) is 4.79 Å². The SMILES string of the molecule is Cc1ccc(C#Cc2ccc3oc(CCC(=O)OCC4C/C(=C\CC(CC(C)C)CC(C)C)C(=O)O4)cc3c2)cc1. The van der Waals surface area contributed by atoms with Crippen molar-refractivity contribution < 1.29 is 23.5 Å². The van der Waals surface area contributed by atoms with E-state index >= 15 is 0 Å². The molecule has 2 aromatic carbocycles. The van der Waals surface area contributed by atoms with E-state index in [0.29, 0.717) is 36.2 Å². The molecular weight excluding hydrogens is 512 g/mol.